The van der Waals surface area contributed by atoms with Gasteiger partial charge >= 0.3 is 0 Å². The van der Waals surface area contributed by atoms with Crippen LogP contribution in [0.1, 0.15) is 0 Å². The molecule has 130 valence electrons. The molecule has 0 radical (unpaired) electrons. The molecule has 2 rings (SSSR count). The molecular formula is C14H22ClN3O4S. The molecule has 1 aliphatic heterocycles. The molecule has 1 heterocycles. The van der Waals surface area contributed by atoms with Gasteiger partial charge in [0.2, 0.25) is 10.0 Å². The van der Waals surface area contributed by atoms with E-state index in [0.717, 1.165) is 0 Å². The maximum Gasteiger partial charge on any atom is 0.240 e. The number of benzene rings is 1. The molecule has 9 heteroatoms. The molecule has 1 saturated heterocycles. The lowest BCUT2D eigenvalue weighted by atomic mass is 10.1. The summed E-state index contributed by atoms with van der Waals surface area (Å²) < 4.78 is 31.9. The summed E-state index contributed by atoms with van der Waals surface area (Å²) in [6.45, 7) is 2.92. The number of nitrogens with one attached hydrogen (secondary N) is 3. The summed E-state index contributed by atoms with van der Waals surface area (Å²) in [6.07, 6.45) is 0. The SMILES string of the molecule is O=S(=O)(NCCNC[C@]1(O)CNCCOC1)c1ccc(Cl)cc1. The number of ether oxygens (including phenoxy) is 1. The van der Waals surface area contributed by atoms with E-state index in [4.69, 9.17) is 16.3 Å². The zero-order chi connectivity index (χ0) is 16.8. The van der Waals surface area contributed by atoms with Crippen LogP contribution in [-0.4, -0.2) is 65.1 Å². The van der Waals surface area contributed by atoms with Crippen molar-refractivity contribution in [1.29, 1.82) is 0 Å². The van der Waals surface area contributed by atoms with Crippen molar-refractivity contribution in [3.63, 3.8) is 0 Å². The summed E-state index contributed by atoms with van der Waals surface area (Å²) in [5.41, 5.74) is -0.981. The number of aliphatic hydroxyl groups is 1. The lowest BCUT2D eigenvalue weighted by Crippen LogP contribution is -2.51. The van der Waals surface area contributed by atoms with Crippen LogP contribution in [0.15, 0.2) is 29.2 Å². The van der Waals surface area contributed by atoms with Gasteiger partial charge in [-0.3, -0.25) is 0 Å². The second-order valence-corrected chi connectivity index (χ2v) is 7.69. The maximum atomic E-state index is 12.1. The van der Waals surface area contributed by atoms with Gasteiger partial charge in [0.1, 0.15) is 5.60 Å². The topological polar surface area (TPSA) is 99.7 Å². The minimum absolute atomic E-state index is 0.168. The Balaban J connectivity index is 1.73. The smallest absolute Gasteiger partial charge is 0.240 e. The largest absolute Gasteiger partial charge is 0.385 e. The van der Waals surface area contributed by atoms with Crippen LogP contribution in [0.2, 0.25) is 5.02 Å². The van der Waals surface area contributed by atoms with Gasteiger partial charge < -0.3 is 20.5 Å². The van der Waals surface area contributed by atoms with Gasteiger partial charge in [0, 0.05) is 37.7 Å². The number of halogens is 1. The van der Waals surface area contributed by atoms with Crippen LogP contribution in [0, 0.1) is 0 Å². The Morgan fingerprint density at radius 2 is 2.04 bits per heavy atom. The Bertz CT molecular complexity index is 587. The fraction of sp³-hybridized carbons (Fsp3) is 0.571. The van der Waals surface area contributed by atoms with Gasteiger partial charge in [-0.2, -0.15) is 0 Å². The molecule has 0 saturated carbocycles. The van der Waals surface area contributed by atoms with Crippen molar-refractivity contribution in [2.45, 2.75) is 10.5 Å². The fourth-order valence-corrected chi connectivity index (χ4v) is 3.34. The third kappa shape index (κ3) is 6.00. The molecule has 1 aromatic carbocycles. The first kappa shape index (κ1) is 18.6. The maximum absolute atomic E-state index is 12.1. The molecule has 0 spiro atoms. The van der Waals surface area contributed by atoms with E-state index >= 15 is 0 Å². The monoisotopic (exact) mass is 363 g/mol. The van der Waals surface area contributed by atoms with Gasteiger partial charge in [-0.25, -0.2) is 13.1 Å². The van der Waals surface area contributed by atoms with Gasteiger partial charge in [-0.1, -0.05) is 11.6 Å². The van der Waals surface area contributed by atoms with E-state index in [1.54, 1.807) is 0 Å². The van der Waals surface area contributed by atoms with Gasteiger partial charge in [-0.05, 0) is 24.3 Å². The molecule has 7 nitrogen and oxygen atoms in total. The summed E-state index contributed by atoms with van der Waals surface area (Å²) in [5, 5.41) is 16.9. The van der Waals surface area contributed by atoms with Crippen molar-refractivity contribution in [3.8, 4) is 0 Å². The number of β-amino-alcohol motifs (C(OH)–C–C–N with tert-alkyl or cyclic N) is 1. The number of sulfonamides is 1. The molecule has 0 bridgehead atoms. The van der Waals surface area contributed by atoms with E-state index in [0.29, 0.717) is 37.8 Å². The Hall–Kier alpha value is -0.740. The van der Waals surface area contributed by atoms with Crippen molar-refractivity contribution in [3.05, 3.63) is 29.3 Å². The van der Waals surface area contributed by atoms with Gasteiger partial charge in [0.25, 0.3) is 0 Å². The quantitative estimate of drug-likeness (QED) is 0.490. The number of hydrogen-bond donors (Lipinski definition) is 4. The van der Waals surface area contributed by atoms with Crippen LogP contribution in [0.5, 0.6) is 0 Å². The second-order valence-electron chi connectivity index (χ2n) is 5.48. The van der Waals surface area contributed by atoms with Crippen LogP contribution >= 0.6 is 11.6 Å². The molecule has 1 fully saturated rings. The Labute approximate surface area is 141 Å². The average molecular weight is 364 g/mol. The summed E-state index contributed by atoms with van der Waals surface area (Å²) in [4.78, 5) is 0.168. The highest BCUT2D eigenvalue weighted by molar-refractivity contribution is 7.89. The summed E-state index contributed by atoms with van der Waals surface area (Å²) >= 11 is 5.74. The van der Waals surface area contributed by atoms with Gasteiger partial charge in [0.15, 0.2) is 0 Å². The van der Waals surface area contributed by atoms with Crippen molar-refractivity contribution in [1.82, 2.24) is 15.4 Å². The molecule has 4 N–H and O–H groups in total. The summed E-state index contributed by atoms with van der Waals surface area (Å²) in [7, 11) is -3.55. The molecule has 0 aromatic heterocycles. The molecule has 1 atom stereocenters. The van der Waals surface area contributed by atoms with Crippen LogP contribution in [0.4, 0.5) is 0 Å². The summed E-state index contributed by atoms with van der Waals surface area (Å²) in [5.74, 6) is 0. The highest BCUT2D eigenvalue weighted by Crippen LogP contribution is 2.13. The van der Waals surface area contributed by atoms with Gasteiger partial charge in [0.05, 0.1) is 18.1 Å². The van der Waals surface area contributed by atoms with E-state index in [-0.39, 0.29) is 18.0 Å². The molecule has 23 heavy (non-hydrogen) atoms. The molecule has 0 amide bonds. The van der Waals surface area contributed by atoms with E-state index in [9.17, 15) is 13.5 Å². The van der Waals surface area contributed by atoms with E-state index in [1.165, 1.54) is 24.3 Å². The van der Waals surface area contributed by atoms with Crippen LogP contribution in [-0.2, 0) is 14.8 Å². The summed E-state index contributed by atoms with van der Waals surface area (Å²) in [6, 6.07) is 5.97. The lowest BCUT2D eigenvalue weighted by Gasteiger charge is -2.26. The standard InChI is InChI=1S/C14H22ClN3O4S/c15-12-1-3-13(4-2-12)23(20,21)18-6-5-16-9-14(19)10-17-7-8-22-11-14/h1-4,16-19H,5-11H2/t14-/m0/s1. The van der Waals surface area contributed by atoms with Crippen molar-refractivity contribution < 1.29 is 18.3 Å². The van der Waals surface area contributed by atoms with Crippen molar-refractivity contribution in [2.24, 2.45) is 0 Å². The average Bonchev–Trinajstić information content (AvgIpc) is 2.72. The first-order valence-electron chi connectivity index (χ1n) is 7.38. The minimum Gasteiger partial charge on any atom is -0.385 e. The molecule has 1 aromatic rings. The zero-order valence-corrected chi connectivity index (χ0v) is 14.3. The first-order chi connectivity index (χ1) is 10.9. The third-order valence-electron chi connectivity index (χ3n) is 3.42. The number of rotatable bonds is 7. The Morgan fingerprint density at radius 1 is 1.30 bits per heavy atom. The van der Waals surface area contributed by atoms with Crippen LogP contribution in [0.3, 0.4) is 0 Å². The predicted molar refractivity (Wildman–Crippen MR) is 88.1 cm³/mol. The first-order valence-corrected chi connectivity index (χ1v) is 9.24. The van der Waals surface area contributed by atoms with E-state index in [2.05, 4.69) is 15.4 Å². The normalized spacial score (nSPS) is 22.7. The fourth-order valence-electron chi connectivity index (χ4n) is 2.18. The predicted octanol–water partition coefficient (Wildman–Crippen LogP) is -0.441. The lowest BCUT2D eigenvalue weighted by molar-refractivity contribution is -0.0260. The zero-order valence-electron chi connectivity index (χ0n) is 12.7. The molecule has 0 unspecified atom stereocenters. The number of hydrogen-bond acceptors (Lipinski definition) is 6. The van der Waals surface area contributed by atoms with Crippen molar-refractivity contribution >= 4 is 21.6 Å². The molecule has 1 aliphatic rings. The second kappa shape index (κ2) is 8.39. The molecule has 0 aliphatic carbocycles. The van der Waals surface area contributed by atoms with Crippen molar-refractivity contribution in [2.75, 3.05) is 45.9 Å². The Kier molecular flexibility index (Phi) is 6.78. The molecular weight excluding hydrogens is 342 g/mol. The Morgan fingerprint density at radius 3 is 2.78 bits per heavy atom. The third-order valence-corrected chi connectivity index (χ3v) is 5.15. The van der Waals surface area contributed by atoms with Crippen LogP contribution in [0.25, 0.3) is 0 Å². The highest BCUT2D eigenvalue weighted by atomic mass is 35.5. The van der Waals surface area contributed by atoms with E-state index < -0.39 is 15.6 Å². The van der Waals surface area contributed by atoms with E-state index in [1.807, 2.05) is 0 Å². The highest BCUT2D eigenvalue weighted by Gasteiger charge is 2.28. The van der Waals surface area contributed by atoms with Crippen LogP contribution < -0.4 is 15.4 Å². The minimum atomic E-state index is -3.55. The van der Waals surface area contributed by atoms with Gasteiger partial charge in [-0.15, -0.1) is 0 Å².